The van der Waals surface area contributed by atoms with Crippen molar-refractivity contribution in [1.29, 1.82) is 0 Å². The van der Waals surface area contributed by atoms with Gasteiger partial charge in [0.05, 0.1) is 30.5 Å². The molecule has 7 heteroatoms. The SMILES string of the molecule is COc1cc(Nc2cccc3oc(Cc4ccc(F)cc4)nc23)ccc1-n1cnc(C)c1. The Morgan fingerprint density at radius 3 is 2.69 bits per heavy atom. The van der Waals surface area contributed by atoms with E-state index in [2.05, 4.69) is 15.3 Å². The van der Waals surface area contributed by atoms with Crippen molar-refractivity contribution in [2.24, 2.45) is 0 Å². The van der Waals surface area contributed by atoms with Gasteiger partial charge in [-0.15, -0.1) is 0 Å². The molecule has 3 aromatic carbocycles. The monoisotopic (exact) mass is 428 g/mol. The van der Waals surface area contributed by atoms with Gasteiger partial charge in [-0.3, -0.25) is 0 Å². The number of hydrogen-bond donors (Lipinski definition) is 1. The maximum absolute atomic E-state index is 13.2. The molecule has 0 spiro atoms. The van der Waals surface area contributed by atoms with Crippen LogP contribution in [0.3, 0.4) is 0 Å². The van der Waals surface area contributed by atoms with Gasteiger partial charge in [0.15, 0.2) is 11.5 Å². The second-order valence-corrected chi connectivity index (χ2v) is 7.50. The Labute approximate surface area is 184 Å². The fourth-order valence-corrected chi connectivity index (χ4v) is 3.62. The van der Waals surface area contributed by atoms with Crippen LogP contribution in [0, 0.1) is 12.7 Å². The predicted molar refractivity (Wildman–Crippen MR) is 121 cm³/mol. The standard InChI is InChI=1S/C25H21FN4O2/c1-16-14-30(15-27-16)21-11-10-19(13-23(21)31-2)28-20-4-3-5-22-25(20)29-24(32-22)12-17-6-8-18(26)9-7-17/h3-11,13-15,28H,12H2,1-2H3. The highest BCUT2D eigenvalue weighted by molar-refractivity contribution is 5.89. The number of benzene rings is 3. The maximum atomic E-state index is 13.2. The summed E-state index contributed by atoms with van der Waals surface area (Å²) in [5.74, 6) is 1.03. The van der Waals surface area contributed by atoms with Crippen LogP contribution in [0.4, 0.5) is 15.8 Å². The molecule has 1 N–H and O–H groups in total. The third-order valence-corrected chi connectivity index (χ3v) is 5.18. The van der Waals surface area contributed by atoms with Gasteiger partial charge >= 0.3 is 0 Å². The van der Waals surface area contributed by atoms with Crippen LogP contribution in [0.1, 0.15) is 17.1 Å². The molecule has 0 amide bonds. The Kier molecular flexibility index (Phi) is 5.07. The van der Waals surface area contributed by atoms with E-state index in [0.717, 1.165) is 39.6 Å². The van der Waals surface area contributed by atoms with E-state index in [9.17, 15) is 4.39 Å². The number of methoxy groups -OCH3 is 1. The molecule has 32 heavy (non-hydrogen) atoms. The number of aromatic nitrogens is 3. The average molecular weight is 428 g/mol. The van der Waals surface area contributed by atoms with Crippen molar-refractivity contribution in [3.63, 3.8) is 0 Å². The first-order valence-corrected chi connectivity index (χ1v) is 10.2. The minimum atomic E-state index is -0.262. The molecule has 2 aromatic heterocycles. The zero-order valence-corrected chi connectivity index (χ0v) is 17.7. The van der Waals surface area contributed by atoms with Gasteiger partial charge in [-0.25, -0.2) is 14.4 Å². The first kappa shape index (κ1) is 19.8. The van der Waals surface area contributed by atoms with E-state index >= 15 is 0 Å². The van der Waals surface area contributed by atoms with Crippen LogP contribution in [0.2, 0.25) is 0 Å². The van der Waals surface area contributed by atoms with Crippen LogP contribution in [0.5, 0.6) is 5.75 Å². The molecular weight excluding hydrogens is 407 g/mol. The van der Waals surface area contributed by atoms with E-state index in [1.807, 2.05) is 54.1 Å². The lowest BCUT2D eigenvalue weighted by molar-refractivity contribution is 0.413. The molecule has 0 saturated heterocycles. The van der Waals surface area contributed by atoms with Crippen molar-refractivity contribution >= 4 is 22.5 Å². The number of nitrogens with one attached hydrogen (secondary N) is 1. The van der Waals surface area contributed by atoms with E-state index in [0.29, 0.717) is 17.9 Å². The number of para-hydroxylation sites is 1. The largest absolute Gasteiger partial charge is 0.494 e. The molecule has 0 radical (unpaired) electrons. The molecular formula is C25H21FN4O2. The van der Waals surface area contributed by atoms with Gasteiger partial charge in [0, 0.05) is 24.4 Å². The van der Waals surface area contributed by atoms with Gasteiger partial charge in [0.2, 0.25) is 0 Å². The normalized spacial score (nSPS) is 11.1. The quantitative estimate of drug-likeness (QED) is 0.370. The lowest BCUT2D eigenvalue weighted by atomic mass is 10.1. The fraction of sp³-hybridized carbons (Fsp3) is 0.120. The highest BCUT2D eigenvalue weighted by Gasteiger charge is 2.12. The number of fused-ring (bicyclic) bond motifs is 1. The molecule has 0 unspecified atom stereocenters. The summed E-state index contributed by atoms with van der Waals surface area (Å²) in [5, 5.41) is 3.41. The van der Waals surface area contributed by atoms with Crippen LogP contribution in [0.25, 0.3) is 16.8 Å². The first-order valence-electron chi connectivity index (χ1n) is 10.2. The Balaban J connectivity index is 1.43. The van der Waals surface area contributed by atoms with Crippen molar-refractivity contribution in [1.82, 2.24) is 14.5 Å². The molecule has 0 aliphatic carbocycles. The van der Waals surface area contributed by atoms with Crippen molar-refractivity contribution in [2.75, 3.05) is 12.4 Å². The summed E-state index contributed by atoms with van der Waals surface area (Å²) < 4.78 is 26.6. The zero-order valence-electron chi connectivity index (χ0n) is 17.7. The molecule has 5 aromatic rings. The lowest BCUT2D eigenvalue weighted by Gasteiger charge is -2.13. The minimum Gasteiger partial charge on any atom is -0.494 e. The fourth-order valence-electron chi connectivity index (χ4n) is 3.62. The molecule has 0 saturated carbocycles. The summed E-state index contributed by atoms with van der Waals surface area (Å²) in [6.07, 6.45) is 4.20. The van der Waals surface area contributed by atoms with Crippen molar-refractivity contribution in [3.05, 3.63) is 96.2 Å². The predicted octanol–water partition coefficient (Wildman–Crippen LogP) is 5.80. The van der Waals surface area contributed by atoms with Crippen molar-refractivity contribution in [3.8, 4) is 11.4 Å². The second-order valence-electron chi connectivity index (χ2n) is 7.50. The number of halogens is 1. The minimum absolute atomic E-state index is 0.262. The molecule has 0 aliphatic rings. The van der Waals surface area contributed by atoms with E-state index in [1.54, 1.807) is 25.6 Å². The van der Waals surface area contributed by atoms with Crippen LogP contribution in [-0.4, -0.2) is 21.6 Å². The van der Waals surface area contributed by atoms with Crippen LogP contribution in [-0.2, 0) is 6.42 Å². The third-order valence-electron chi connectivity index (χ3n) is 5.18. The van der Waals surface area contributed by atoms with Gasteiger partial charge in [0.25, 0.3) is 0 Å². The number of nitrogens with zero attached hydrogens (tertiary/aromatic N) is 3. The number of hydrogen-bond acceptors (Lipinski definition) is 5. The maximum Gasteiger partial charge on any atom is 0.199 e. The Morgan fingerprint density at radius 2 is 1.94 bits per heavy atom. The molecule has 6 nitrogen and oxygen atoms in total. The van der Waals surface area contributed by atoms with E-state index in [-0.39, 0.29) is 5.82 Å². The highest BCUT2D eigenvalue weighted by Crippen LogP contribution is 2.31. The summed E-state index contributed by atoms with van der Waals surface area (Å²) in [5.41, 5.74) is 5.87. The van der Waals surface area contributed by atoms with Crippen LogP contribution >= 0.6 is 0 Å². The summed E-state index contributed by atoms with van der Waals surface area (Å²) >= 11 is 0. The molecule has 5 rings (SSSR count). The Hall–Kier alpha value is -4.13. The molecule has 0 atom stereocenters. The summed E-state index contributed by atoms with van der Waals surface area (Å²) in [6.45, 7) is 1.95. The third kappa shape index (κ3) is 3.92. The second kappa shape index (κ2) is 8.19. The molecule has 160 valence electrons. The van der Waals surface area contributed by atoms with E-state index in [4.69, 9.17) is 9.15 Å². The number of ether oxygens (including phenoxy) is 1. The lowest BCUT2D eigenvalue weighted by Crippen LogP contribution is -1.98. The molecule has 0 aliphatic heterocycles. The smallest absolute Gasteiger partial charge is 0.199 e. The molecule has 0 bridgehead atoms. The molecule has 2 heterocycles. The topological polar surface area (TPSA) is 65.1 Å². The van der Waals surface area contributed by atoms with Gasteiger partial charge in [-0.1, -0.05) is 18.2 Å². The summed E-state index contributed by atoms with van der Waals surface area (Å²) in [7, 11) is 1.65. The van der Waals surface area contributed by atoms with Crippen LogP contribution in [0.15, 0.2) is 77.6 Å². The summed E-state index contributed by atoms with van der Waals surface area (Å²) in [4.78, 5) is 8.95. The number of imidazole rings is 1. The zero-order chi connectivity index (χ0) is 22.1. The van der Waals surface area contributed by atoms with Crippen molar-refractivity contribution < 1.29 is 13.5 Å². The Morgan fingerprint density at radius 1 is 1.09 bits per heavy atom. The van der Waals surface area contributed by atoms with E-state index < -0.39 is 0 Å². The number of anilines is 2. The molecule has 0 fully saturated rings. The van der Waals surface area contributed by atoms with E-state index in [1.165, 1.54) is 12.1 Å². The van der Waals surface area contributed by atoms with Crippen molar-refractivity contribution in [2.45, 2.75) is 13.3 Å². The summed E-state index contributed by atoms with van der Waals surface area (Å²) in [6, 6.07) is 18.0. The first-order chi connectivity index (χ1) is 15.6. The van der Waals surface area contributed by atoms with Gasteiger partial charge < -0.3 is 19.0 Å². The van der Waals surface area contributed by atoms with Crippen LogP contribution < -0.4 is 10.1 Å². The Bertz CT molecular complexity index is 1390. The number of oxazole rings is 1. The number of rotatable bonds is 6. The van der Waals surface area contributed by atoms with Gasteiger partial charge in [0.1, 0.15) is 17.1 Å². The highest BCUT2D eigenvalue weighted by atomic mass is 19.1. The average Bonchev–Trinajstić information content (AvgIpc) is 3.41. The number of aryl methyl sites for hydroxylation is 1. The van der Waals surface area contributed by atoms with Gasteiger partial charge in [-0.2, -0.15) is 0 Å². The van der Waals surface area contributed by atoms with Gasteiger partial charge in [-0.05, 0) is 48.9 Å².